The highest BCUT2D eigenvalue weighted by Gasteiger charge is 2.32. The van der Waals surface area contributed by atoms with E-state index in [1.54, 1.807) is 0 Å². The molecule has 0 rings (SSSR count). The maximum absolute atomic E-state index is 13.1. The van der Waals surface area contributed by atoms with Crippen molar-refractivity contribution >= 4 is 16.1 Å². The molecule has 0 aliphatic carbocycles. The van der Waals surface area contributed by atoms with Gasteiger partial charge in [0.25, 0.3) is 10.1 Å². The molecule has 0 heterocycles. The van der Waals surface area contributed by atoms with Gasteiger partial charge in [-0.05, 0) is 13.3 Å². The third-order valence-electron chi connectivity index (χ3n) is 1.66. The number of carbonyl (C=O) groups is 1. The summed E-state index contributed by atoms with van der Waals surface area (Å²) in [6.07, 6.45) is -0.0578. The molecule has 0 aromatic carbocycles. The molecule has 7 heteroatoms. The van der Waals surface area contributed by atoms with Gasteiger partial charge in [-0.15, -0.1) is 0 Å². The highest BCUT2D eigenvalue weighted by atomic mass is 32.2. The van der Waals surface area contributed by atoms with Crippen LogP contribution in [0.25, 0.3) is 0 Å². The topological polar surface area (TPSA) is 80.7 Å². The number of rotatable bonds is 5. The smallest absolute Gasteiger partial charge is 0.343 e. The third kappa shape index (κ3) is 5.13. The number of carbonyl (C=O) groups excluding carboxylic acids is 1. The normalized spacial score (nSPS) is 16.0. The predicted molar refractivity (Wildman–Crippen MR) is 47.2 cm³/mol. The first-order valence-corrected chi connectivity index (χ1v) is 5.61. The number of hydrogen-bond acceptors (Lipinski definition) is 4. The van der Waals surface area contributed by atoms with Crippen LogP contribution in [0.2, 0.25) is 0 Å². The van der Waals surface area contributed by atoms with Gasteiger partial charge >= 0.3 is 5.97 Å². The van der Waals surface area contributed by atoms with E-state index in [1.807, 2.05) is 0 Å². The molecule has 0 aliphatic rings. The zero-order valence-electron chi connectivity index (χ0n) is 7.99. The summed E-state index contributed by atoms with van der Waals surface area (Å²) in [4.78, 5) is 10.9. The molecule has 5 nitrogen and oxygen atoms in total. The van der Waals surface area contributed by atoms with Gasteiger partial charge in [0, 0.05) is 0 Å². The lowest BCUT2D eigenvalue weighted by molar-refractivity contribution is -0.156. The second-order valence-electron chi connectivity index (χ2n) is 2.97. The fraction of sp³-hybridized carbons (Fsp3) is 0.857. The van der Waals surface area contributed by atoms with E-state index in [0.717, 1.165) is 6.92 Å². The minimum atomic E-state index is -4.17. The molecular weight excluding hydrogens is 215 g/mol. The van der Waals surface area contributed by atoms with Crippen molar-refractivity contribution in [3.63, 3.8) is 0 Å². The Labute approximate surface area is 82.0 Å². The average molecular weight is 228 g/mol. The lowest BCUT2D eigenvalue weighted by Gasteiger charge is -2.15. The molecule has 1 atom stereocenters. The molecule has 14 heavy (non-hydrogen) atoms. The monoisotopic (exact) mass is 228 g/mol. The van der Waals surface area contributed by atoms with Crippen LogP contribution in [0.1, 0.15) is 20.3 Å². The van der Waals surface area contributed by atoms with Crippen molar-refractivity contribution in [2.45, 2.75) is 25.9 Å². The molecule has 0 saturated heterocycles. The quantitative estimate of drug-likeness (QED) is 0.549. The lowest BCUT2D eigenvalue weighted by atomic mass is 10.1. The van der Waals surface area contributed by atoms with Crippen molar-refractivity contribution < 1.29 is 26.9 Å². The number of ether oxygens (including phenoxy) is 1. The molecule has 0 bridgehead atoms. The van der Waals surface area contributed by atoms with Crippen molar-refractivity contribution in [2.75, 3.05) is 12.4 Å². The zero-order valence-corrected chi connectivity index (χ0v) is 8.80. The summed E-state index contributed by atoms with van der Waals surface area (Å²) < 4.78 is 46.1. The molecule has 0 aliphatic heterocycles. The third-order valence-corrected chi connectivity index (χ3v) is 2.35. The zero-order chi connectivity index (χ0) is 11.4. The van der Waals surface area contributed by atoms with Crippen LogP contribution in [-0.2, 0) is 19.6 Å². The predicted octanol–water partition coefficient (Wildman–Crippen LogP) is 0.556. The SMILES string of the molecule is CCC(C)(F)C(=O)OCCS(=O)(=O)O. The van der Waals surface area contributed by atoms with E-state index in [4.69, 9.17) is 4.55 Å². The van der Waals surface area contributed by atoms with Gasteiger partial charge in [-0.3, -0.25) is 4.55 Å². The van der Waals surface area contributed by atoms with Crippen LogP contribution in [0.4, 0.5) is 4.39 Å². The Morgan fingerprint density at radius 2 is 2.07 bits per heavy atom. The molecule has 0 aromatic heterocycles. The van der Waals surface area contributed by atoms with E-state index in [0.29, 0.717) is 0 Å². The van der Waals surface area contributed by atoms with E-state index in [-0.39, 0.29) is 6.42 Å². The van der Waals surface area contributed by atoms with E-state index in [9.17, 15) is 17.6 Å². The van der Waals surface area contributed by atoms with Crippen LogP contribution in [-0.4, -0.2) is 37.0 Å². The van der Waals surface area contributed by atoms with Crippen molar-refractivity contribution in [3.05, 3.63) is 0 Å². The Balaban J connectivity index is 3.99. The Hall–Kier alpha value is -0.690. The summed E-state index contributed by atoms with van der Waals surface area (Å²) in [5.74, 6) is -1.85. The number of halogens is 1. The van der Waals surface area contributed by atoms with Gasteiger partial charge in [-0.2, -0.15) is 8.42 Å². The van der Waals surface area contributed by atoms with Crippen LogP contribution in [0, 0.1) is 0 Å². The minimum absolute atomic E-state index is 0.0578. The average Bonchev–Trinajstić information content (AvgIpc) is 2.02. The van der Waals surface area contributed by atoms with E-state index in [1.165, 1.54) is 6.92 Å². The van der Waals surface area contributed by atoms with Gasteiger partial charge in [0.2, 0.25) is 5.67 Å². The Morgan fingerprint density at radius 3 is 2.43 bits per heavy atom. The van der Waals surface area contributed by atoms with Gasteiger partial charge in [-0.25, -0.2) is 9.18 Å². The Bertz CT molecular complexity index is 295. The van der Waals surface area contributed by atoms with Gasteiger partial charge in [0.1, 0.15) is 12.4 Å². The van der Waals surface area contributed by atoms with Gasteiger partial charge in [0.05, 0.1) is 0 Å². The standard InChI is InChI=1S/C7H13FO5S/c1-3-7(2,8)6(9)13-4-5-14(10,11)12/h3-5H2,1-2H3,(H,10,11,12). The van der Waals surface area contributed by atoms with E-state index < -0.39 is 34.1 Å². The van der Waals surface area contributed by atoms with Crippen LogP contribution in [0.3, 0.4) is 0 Å². The van der Waals surface area contributed by atoms with E-state index in [2.05, 4.69) is 4.74 Å². The summed E-state index contributed by atoms with van der Waals surface area (Å²) in [7, 11) is -4.17. The number of alkyl halides is 1. The second kappa shape index (κ2) is 4.70. The Morgan fingerprint density at radius 1 is 1.57 bits per heavy atom. The highest BCUT2D eigenvalue weighted by Crippen LogP contribution is 2.16. The van der Waals surface area contributed by atoms with Crippen LogP contribution in [0.5, 0.6) is 0 Å². The van der Waals surface area contributed by atoms with Gasteiger partial charge < -0.3 is 4.74 Å². The maximum atomic E-state index is 13.1. The summed E-state index contributed by atoms with van der Waals surface area (Å²) in [6, 6.07) is 0. The lowest BCUT2D eigenvalue weighted by Crippen LogP contribution is -2.32. The molecule has 0 amide bonds. The first kappa shape index (κ1) is 13.3. The van der Waals surface area contributed by atoms with Crippen molar-refractivity contribution in [1.82, 2.24) is 0 Å². The fourth-order valence-corrected chi connectivity index (χ4v) is 0.828. The summed E-state index contributed by atoms with van der Waals surface area (Å²) >= 11 is 0. The minimum Gasteiger partial charge on any atom is -0.462 e. The first-order valence-electron chi connectivity index (χ1n) is 4.00. The maximum Gasteiger partial charge on any atom is 0.343 e. The van der Waals surface area contributed by atoms with Gasteiger partial charge in [-0.1, -0.05) is 6.92 Å². The van der Waals surface area contributed by atoms with Gasteiger partial charge in [0.15, 0.2) is 0 Å². The molecule has 0 spiro atoms. The van der Waals surface area contributed by atoms with Crippen molar-refractivity contribution in [1.29, 1.82) is 0 Å². The summed E-state index contributed by atoms with van der Waals surface area (Å²) in [6.45, 7) is 1.96. The molecule has 0 saturated carbocycles. The van der Waals surface area contributed by atoms with Crippen LogP contribution >= 0.6 is 0 Å². The van der Waals surface area contributed by atoms with Crippen molar-refractivity contribution in [2.24, 2.45) is 0 Å². The van der Waals surface area contributed by atoms with E-state index >= 15 is 0 Å². The largest absolute Gasteiger partial charge is 0.462 e. The van der Waals surface area contributed by atoms with Crippen LogP contribution < -0.4 is 0 Å². The van der Waals surface area contributed by atoms with Crippen molar-refractivity contribution in [3.8, 4) is 0 Å². The molecule has 0 radical (unpaired) electrons. The molecular formula is C7H13FO5S. The number of esters is 1. The fourth-order valence-electron chi connectivity index (χ4n) is 0.534. The number of hydrogen-bond donors (Lipinski definition) is 1. The highest BCUT2D eigenvalue weighted by molar-refractivity contribution is 7.85. The molecule has 0 aromatic rings. The molecule has 84 valence electrons. The second-order valence-corrected chi connectivity index (χ2v) is 4.55. The first-order chi connectivity index (χ1) is 6.19. The summed E-state index contributed by atoms with van der Waals surface area (Å²) in [5.41, 5.74) is -2.11. The van der Waals surface area contributed by atoms with Crippen LogP contribution in [0.15, 0.2) is 0 Å². The Kier molecular flexibility index (Phi) is 4.47. The molecule has 0 fully saturated rings. The molecule has 1 unspecified atom stereocenters. The molecule has 1 N–H and O–H groups in total. The summed E-state index contributed by atoms with van der Waals surface area (Å²) in [5, 5.41) is 0.